The molecule has 4 heteroatoms. The molecule has 18 heavy (non-hydrogen) atoms. The van der Waals surface area contributed by atoms with Gasteiger partial charge in [-0.15, -0.1) is 0 Å². The van der Waals surface area contributed by atoms with Crippen LogP contribution >= 0.6 is 0 Å². The number of aliphatic hydroxyl groups excluding tert-OH is 1. The number of benzene rings is 1. The van der Waals surface area contributed by atoms with E-state index in [-0.39, 0.29) is 18.6 Å². The minimum atomic E-state index is -0.0240. The van der Waals surface area contributed by atoms with Crippen LogP contribution in [-0.2, 0) is 11.3 Å². The van der Waals surface area contributed by atoms with Gasteiger partial charge in [-0.3, -0.25) is 4.79 Å². The summed E-state index contributed by atoms with van der Waals surface area (Å²) in [5, 5.41) is 9.23. The number of carbonyl (C=O) groups excluding carboxylic acids is 1. The van der Waals surface area contributed by atoms with Crippen LogP contribution in [-0.4, -0.2) is 35.2 Å². The maximum atomic E-state index is 11.7. The smallest absolute Gasteiger partial charge is 0.223 e. The first-order valence-electron chi connectivity index (χ1n) is 6.36. The molecule has 4 nitrogen and oxygen atoms in total. The number of aliphatic hydroxyl groups is 1. The zero-order valence-corrected chi connectivity index (χ0v) is 10.6. The highest BCUT2D eigenvalue weighted by molar-refractivity contribution is 5.78. The number of hydrogen-bond acceptors (Lipinski definition) is 3. The molecule has 1 aliphatic rings. The second-order valence-electron chi connectivity index (χ2n) is 4.47. The Morgan fingerprint density at radius 1 is 1.39 bits per heavy atom. The van der Waals surface area contributed by atoms with Gasteiger partial charge in [-0.1, -0.05) is 12.1 Å². The Labute approximate surface area is 107 Å². The lowest BCUT2D eigenvalue weighted by Crippen LogP contribution is -2.34. The van der Waals surface area contributed by atoms with E-state index in [0.29, 0.717) is 19.6 Å². The summed E-state index contributed by atoms with van der Waals surface area (Å²) in [7, 11) is 0. The largest absolute Gasteiger partial charge is 0.494 e. The summed E-state index contributed by atoms with van der Waals surface area (Å²) >= 11 is 0. The molecule has 0 radical (unpaired) electrons. The van der Waals surface area contributed by atoms with E-state index >= 15 is 0 Å². The van der Waals surface area contributed by atoms with Crippen molar-refractivity contribution in [2.24, 2.45) is 0 Å². The summed E-state index contributed by atoms with van der Waals surface area (Å²) in [4.78, 5) is 13.5. The van der Waals surface area contributed by atoms with E-state index in [2.05, 4.69) is 0 Å². The molecule has 0 aliphatic carbocycles. The Morgan fingerprint density at radius 2 is 2.11 bits per heavy atom. The van der Waals surface area contributed by atoms with Gasteiger partial charge in [-0.05, 0) is 31.0 Å². The van der Waals surface area contributed by atoms with Crippen molar-refractivity contribution in [1.82, 2.24) is 4.90 Å². The van der Waals surface area contributed by atoms with E-state index in [9.17, 15) is 9.90 Å². The van der Waals surface area contributed by atoms with Gasteiger partial charge in [0.25, 0.3) is 0 Å². The van der Waals surface area contributed by atoms with Crippen LogP contribution in [0.1, 0.15) is 25.3 Å². The molecule has 0 aromatic heterocycles. The van der Waals surface area contributed by atoms with Gasteiger partial charge in [0.2, 0.25) is 5.91 Å². The predicted molar refractivity (Wildman–Crippen MR) is 68.3 cm³/mol. The molecular weight excluding hydrogens is 230 g/mol. The fourth-order valence-electron chi connectivity index (χ4n) is 2.25. The van der Waals surface area contributed by atoms with Crippen molar-refractivity contribution in [3.05, 3.63) is 29.8 Å². The Balaban J connectivity index is 2.02. The highest BCUT2D eigenvalue weighted by Crippen LogP contribution is 2.22. The molecule has 1 N–H and O–H groups in total. The minimum Gasteiger partial charge on any atom is -0.494 e. The third-order valence-electron chi connectivity index (χ3n) is 3.25. The van der Waals surface area contributed by atoms with Crippen molar-refractivity contribution in [3.63, 3.8) is 0 Å². The van der Waals surface area contributed by atoms with E-state index in [1.165, 1.54) is 0 Å². The van der Waals surface area contributed by atoms with Crippen LogP contribution < -0.4 is 4.74 Å². The van der Waals surface area contributed by atoms with Crippen LogP contribution in [0.3, 0.4) is 0 Å². The summed E-state index contributed by atoms with van der Waals surface area (Å²) in [6, 6.07) is 7.72. The highest BCUT2D eigenvalue weighted by Gasteiger charge is 2.29. The maximum absolute atomic E-state index is 11.7. The Bertz CT molecular complexity index is 402. The van der Waals surface area contributed by atoms with Crippen molar-refractivity contribution in [2.75, 3.05) is 13.2 Å². The molecule has 2 rings (SSSR count). The summed E-state index contributed by atoms with van der Waals surface area (Å²) in [6.07, 6.45) is 1.30. The van der Waals surface area contributed by atoms with Crippen molar-refractivity contribution >= 4 is 5.91 Å². The number of ether oxygens (including phenoxy) is 1. The van der Waals surface area contributed by atoms with Crippen LogP contribution in [0.25, 0.3) is 0 Å². The molecule has 1 saturated heterocycles. The first kappa shape index (κ1) is 12.9. The zero-order chi connectivity index (χ0) is 13.0. The normalized spacial score (nSPS) is 19.3. The first-order valence-corrected chi connectivity index (χ1v) is 6.36. The summed E-state index contributed by atoms with van der Waals surface area (Å²) < 4.78 is 5.37. The molecule has 0 bridgehead atoms. The van der Waals surface area contributed by atoms with Crippen molar-refractivity contribution in [2.45, 2.75) is 32.4 Å². The molecule has 1 fully saturated rings. The third kappa shape index (κ3) is 2.82. The lowest BCUT2D eigenvalue weighted by Gasteiger charge is -2.23. The second-order valence-corrected chi connectivity index (χ2v) is 4.47. The molecule has 98 valence electrons. The molecule has 1 amide bonds. The Morgan fingerprint density at radius 3 is 2.72 bits per heavy atom. The molecule has 1 aromatic rings. The van der Waals surface area contributed by atoms with Crippen LogP contribution in [0.4, 0.5) is 0 Å². The Hall–Kier alpha value is -1.55. The predicted octanol–water partition coefficient (Wildman–Crippen LogP) is 1.57. The van der Waals surface area contributed by atoms with Crippen molar-refractivity contribution in [1.29, 1.82) is 0 Å². The molecule has 1 atom stereocenters. The van der Waals surface area contributed by atoms with Gasteiger partial charge >= 0.3 is 0 Å². The fourth-order valence-corrected chi connectivity index (χ4v) is 2.25. The molecule has 0 spiro atoms. The first-order chi connectivity index (χ1) is 8.74. The quantitative estimate of drug-likeness (QED) is 0.861. The van der Waals surface area contributed by atoms with E-state index in [0.717, 1.165) is 17.7 Å². The number of amides is 1. The molecule has 1 aliphatic heterocycles. The van der Waals surface area contributed by atoms with E-state index in [1.54, 1.807) is 4.90 Å². The van der Waals surface area contributed by atoms with Gasteiger partial charge in [-0.2, -0.15) is 0 Å². The monoisotopic (exact) mass is 249 g/mol. The maximum Gasteiger partial charge on any atom is 0.223 e. The molecule has 0 saturated carbocycles. The number of hydrogen-bond donors (Lipinski definition) is 1. The van der Waals surface area contributed by atoms with Crippen molar-refractivity contribution in [3.8, 4) is 5.75 Å². The number of rotatable bonds is 5. The lowest BCUT2D eigenvalue weighted by atomic mass is 10.2. The SMILES string of the molecule is CCOc1ccc(CN2C(=O)CCC2CO)cc1. The highest BCUT2D eigenvalue weighted by atomic mass is 16.5. The molecule has 1 heterocycles. The summed E-state index contributed by atoms with van der Waals surface area (Å²) in [6.45, 7) is 3.21. The van der Waals surface area contributed by atoms with Gasteiger partial charge in [0.1, 0.15) is 5.75 Å². The van der Waals surface area contributed by atoms with Gasteiger partial charge in [0.15, 0.2) is 0 Å². The summed E-state index contributed by atoms with van der Waals surface area (Å²) in [5.41, 5.74) is 1.06. The van der Waals surface area contributed by atoms with Crippen LogP contribution in [0.2, 0.25) is 0 Å². The molecule has 1 aromatic carbocycles. The van der Waals surface area contributed by atoms with Crippen molar-refractivity contribution < 1.29 is 14.6 Å². The van der Waals surface area contributed by atoms with E-state index in [1.807, 2.05) is 31.2 Å². The molecular formula is C14H19NO3. The second kappa shape index (κ2) is 5.87. The average Bonchev–Trinajstić information content (AvgIpc) is 2.73. The van der Waals surface area contributed by atoms with E-state index < -0.39 is 0 Å². The van der Waals surface area contributed by atoms with Crippen LogP contribution in [0.15, 0.2) is 24.3 Å². The van der Waals surface area contributed by atoms with Gasteiger partial charge in [0, 0.05) is 13.0 Å². The number of nitrogens with zero attached hydrogens (tertiary/aromatic N) is 1. The molecule has 1 unspecified atom stereocenters. The third-order valence-corrected chi connectivity index (χ3v) is 3.25. The van der Waals surface area contributed by atoms with Crippen LogP contribution in [0.5, 0.6) is 5.75 Å². The fraction of sp³-hybridized carbons (Fsp3) is 0.500. The van der Waals surface area contributed by atoms with Gasteiger partial charge in [0.05, 0.1) is 19.3 Å². The summed E-state index contributed by atoms with van der Waals surface area (Å²) in [5.74, 6) is 0.968. The standard InChI is InChI=1S/C14H19NO3/c1-2-18-13-6-3-11(4-7-13)9-15-12(10-16)5-8-14(15)17/h3-4,6-7,12,16H,2,5,8-10H2,1H3. The minimum absolute atomic E-state index is 0.0240. The van der Waals surface area contributed by atoms with E-state index in [4.69, 9.17) is 4.74 Å². The zero-order valence-electron chi connectivity index (χ0n) is 10.6. The topological polar surface area (TPSA) is 49.8 Å². The number of carbonyl (C=O) groups is 1. The van der Waals surface area contributed by atoms with Gasteiger partial charge < -0.3 is 14.7 Å². The van der Waals surface area contributed by atoms with Crippen LogP contribution in [0, 0.1) is 0 Å². The average molecular weight is 249 g/mol. The Kier molecular flexibility index (Phi) is 4.20. The van der Waals surface area contributed by atoms with Gasteiger partial charge in [-0.25, -0.2) is 0 Å². The lowest BCUT2D eigenvalue weighted by molar-refractivity contribution is -0.130. The number of likely N-dealkylation sites (tertiary alicyclic amines) is 1.